The minimum Gasteiger partial charge on any atom is -0.478 e. The van der Waals surface area contributed by atoms with Gasteiger partial charge in [0.25, 0.3) is 5.91 Å². The van der Waals surface area contributed by atoms with Crippen LogP contribution in [0.2, 0.25) is 10.0 Å². The molecule has 0 aliphatic carbocycles. The normalized spacial score (nSPS) is 10.2. The molecule has 2 aromatic rings. The number of carboxylic acid groups (broad SMARTS) is 1. The molecule has 0 radical (unpaired) electrons. The van der Waals surface area contributed by atoms with E-state index in [-0.39, 0.29) is 16.5 Å². The van der Waals surface area contributed by atoms with Crippen molar-refractivity contribution >= 4 is 63.4 Å². The summed E-state index contributed by atoms with van der Waals surface area (Å²) >= 11 is 13.9. The van der Waals surface area contributed by atoms with E-state index in [1.165, 1.54) is 18.2 Å². The lowest BCUT2D eigenvalue weighted by atomic mass is 10.2. The highest BCUT2D eigenvalue weighted by Gasteiger charge is 2.13. The van der Waals surface area contributed by atoms with Gasteiger partial charge in [0.2, 0.25) is 0 Å². The van der Waals surface area contributed by atoms with Crippen LogP contribution in [0.25, 0.3) is 0 Å². The number of benzene rings is 2. The molecular formula is C14H8Cl2INO3. The Balaban J connectivity index is 2.27. The zero-order valence-corrected chi connectivity index (χ0v) is 14.0. The number of amides is 1. The molecule has 1 amide bonds. The number of nitrogens with one attached hydrogen (secondary N) is 1. The topological polar surface area (TPSA) is 66.4 Å². The molecule has 21 heavy (non-hydrogen) atoms. The van der Waals surface area contributed by atoms with E-state index in [0.29, 0.717) is 16.3 Å². The number of carbonyl (C=O) groups excluding carboxylic acids is 1. The largest absolute Gasteiger partial charge is 0.478 e. The Labute approximate surface area is 144 Å². The third-order valence-electron chi connectivity index (χ3n) is 2.64. The molecule has 2 aromatic carbocycles. The molecule has 108 valence electrons. The van der Waals surface area contributed by atoms with Crippen LogP contribution in [0.3, 0.4) is 0 Å². The minimum absolute atomic E-state index is 0.0512. The summed E-state index contributed by atoms with van der Waals surface area (Å²) in [5.41, 5.74) is 0.805. The van der Waals surface area contributed by atoms with Crippen LogP contribution in [-0.2, 0) is 0 Å². The summed E-state index contributed by atoms with van der Waals surface area (Å²) < 4.78 is 0.743. The van der Waals surface area contributed by atoms with Gasteiger partial charge in [0.15, 0.2) is 0 Å². The SMILES string of the molecule is O=C(O)c1ccc(NC(=O)c2cc(Cl)ccc2I)c(Cl)c1. The summed E-state index contributed by atoms with van der Waals surface area (Å²) in [5, 5.41) is 12.1. The fourth-order valence-electron chi connectivity index (χ4n) is 1.61. The van der Waals surface area contributed by atoms with Crippen molar-refractivity contribution in [3.63, 3.8) is 0 Å². The fraction of sp³-hybridized carbons (Fsp3) is 0. The van der Waals surface area contributed by atoms with Crippen LogP contribution in [0.4, 0.5) is 5.69 Å². The maximum atomic E-state index is 12.2. The molecule has 0 bridgehead atoms. The lowest BCUT2D eigenvalue weighted by Gasteiger charge is -2.09. The lowest BCUT2D eigenvalue weighted by molar-refractivity contribution is 0.0696. The van der Waals surface area contributed by atoms with Crippen LogP contribution in [0, 0.1) is 3.57 Å². The van der Waals surface area contributed by atoms with Crippen molar-refractivity contribution in [2.75, 3.05) is 5.32 Å². The second-order valence-corrected chi connectivity index (χ2v) is 6.08. The molecule has 4 nitrogen and oxygen atoms in total. The van der Waals surface area contributed by atoms with Gasteiger partial charge < -0.3 is 10.4 Å². The smallest absolute Gasteiger partial charge is 0.335 e. The Bertz CT molecular complexity index is 734. The second-order valence-electron chi connectivity index (χ2n) is 4.08. The van der Waals surface area contributed by atoms with Crippen molar-refractivity contribution in [1.82, 2.24) is 0 Å². The van der Waals surface area contributed by atoms with Crippen LogP contribution in [-0.4, -0.2) is 17.0 Å². The summed E-state index contributed by atoms with van der Waals surface area (Å²) in [6, 6.07) is 9.07. The molecule has 0 saturated heterocycles. The Morgan fingerprint density at radius 3 is 2.43 bits per heavy atom. The maximum absolute atomic E-state index is 12.2. The third kappa shape index (κ3) is 3.87. The molecule has 0 aromatic heterocycles. The minimum atomic E-state index is -1.08. The average Bonchev–Trinajstić information content (AvgIpc) is 2.43. The molecule has 7 heteroatoms. The first-order valence-electron chi connectivity index (χ1n) is 5.67. The number of halogens is 3. The number of carbonyl (C=O) groups is 2. The van der Waals surface area contributed by atoms with Crippen molar-refractivity contribution in [3.8, 4) is 0 Å². The van der Waals surface area contributed by atoms with Gasteiger partial charge in [0, 0.05) is 8.59 Å². The van der Waals surface area contributed by atoms with E-state index in [9.17, 15) is 9.59 Å². The number of carboxylic acids is 1. The van der Waals surface area contributed by atoms with Gasteiger partial charge in [-0.25, -0.2) is 4.79 Å². The number of hydrogen-bond donors (Lipinski definition) is 2. The van der Waals surface area contributed by atoms with Gasteiger partial charge in [-0.3, -0.25) is 4.79 Å². The van der Waals surface area contributed by atoms with E-state index in [1.54, 1.807) is 18.2 Å². The first-order chi connectivity index (χ1) is 9.88. The van der Waals surface area contributed by atoms with Crippen molar-refractivity contribution in [3.05, 3.63) is 61.1 Å². The first-order valence-corrected chi connectivity index (χ1v) is 7.51. The summed E-state index contributed by atoms with van der Waals surface area (Å²) in [4.78, 5) is 23.0. The van der Waals surface area contributed by atoms with Gasteiger partial charge >= 0.3 is 5.97 Å². The molecule has 0 aliphatic heterocycles. The summed E-state index contributed by atoms with van der Waals surface area (Å²) in [6.07, 6.45) is 0. The van der Waals surface area contributed by atoms with Crippen molar-refractivity contribution in [1.29, 1.82) is 0 Å². The highest BCUT2D eigenvalue weighted by Crippen LogP contribution is 2.25. The standard InChI is InChI=1S/C14H8Cl2INO3/c15-8-2-3-11(17)9(6-8)13(19)18-12-4-1-7(14(20)21)5-10(12)16/h1-6H,(H,18,19)(H,20,21). The van der Waals surface area contributed by atoms with Gasteiger partial charge in [-0.2, -0.15) is 0 Å². The highest BCUT2D eigenvalue weighted by atomic mass is 127. The van der Waals surface area contributed by atoms with Crippen LogP contribution in [0.15, 0.2) is 36.4 Å². The van der Waals surface area contributed by atoms with E-state index < -0.39 is 5.97 Å². The van der Waals surface area contributed by atoms with Crippen LogP contribution < -0.4 is 5.32 Å². The van der Waals surface area contributed by atoms with Crippen molar-refractivity contribution in [2.45, 2.75) is 0 Å². The molecule has 0 spiro atoms. The number of rotatable bonds is 3. The fourth-order valence-corrected chi connectivity index (χ4v) is 2.59. The highest BCUT2D eigenvalue weighted by molar-refractivity contribution is 14.1. The Morgan fingerprint density at radius 2 is 1.81 bits per heavy atom. The summed E-state index contributed by atoms with van der Waals surface area (Å²) in [7, 11) is 0. The molecule has 0 saturated carbocycles. The van der Waals surface area contributed by atoms with Gasteiger partial charge in [-0.1, -0.05) is 23.2 Å². The van der Waals surface area contributed by atoms with Crippen molar-refractivity contribution < 1.29 is 14.7 Å². The van der Waals surface area contributed by atoms with E-state index in [4.69, 9.17) is 28.3 Å². The van der Waals surface area contributed by atoms with Gasteiger partial charge in [0.05, 0.1) is 21.8 Å². The van der Waals surface area contributed by atoms with E-state index in [2.05, 4.69) is 5.32 Å². The summed E-state index contributed by atoms with van der Waals surface area (Å²) in [6.45, 7) is 0. The van der Waals surface area contributed by atoms with Crippen LogP contribution in [0.1, 0.15) is 20.7 Å². The van der Waals surface area contributed by atoms with Gasteiger partial charge in [-0.15, -0.1) is 0 Å². The van der Waals surface area contributed by atoms with Gasteiger partial charge in [-0.05, 0) is 59.0 Å². The predicted octanol–water partition coefficient (Wildman–Crippen LogP) is 4.55. The summed E-state index contributed by atoms with van der Waals surface area (Å²) in [5.74, 6) is -1.45. The molecule has 0 aliphatic rings. The number of anilines is 1. The Morgan fingerprint density at radius 1 is 1.10 bits per heavy atom. The van der Waals surface area contributed by atoms with Crippen LogP contribution >= 0.6 is 45.8 Å². The molecule has 0 fully saturated rings. The molecule has 2 rings (SSSR count). The quantitative estimate of drug-likeness (QED) is 0.695. The van der Waals surface area contributed by atoms with Crippen molar-refractivity contribution in [2.24, 2.45) is 0 Å². The molecular weight excluding hydrogens is 428 g/mol. The first kappa shape index (κ1) is 16.1. The second kappa shape index (κ2) is 6.64. The molecule has 0 heterocycles. The lowest BCUT2D eigenvalue weighted by Crippen LogP contribution is -2.14. The van der Waals surface area contributed by atoms with Gasteiger partial charge in [0.1, 0.15) is 0 Å². The predicted molar refractivity (Wildman–Crippen MR) is 90.5 cm³/mol. The maximum Gasteiger partial charge on any atom is 0.335 e. The molecule has 2 N–H and O–H groups in total. The average molecular weight is 436 g/mol. The Hall–Kier alpha value is -1.31. The zero-order chi connectivity index (χ0) is 15.6. The molecule has 0 atom stereocenters. The van der Waals surface area contributed by atoms with E-state index in [0.717, 1.165) is 3.57 Å². The molecule has 0 unspecified atom stereocenters. The third-order valence-corrected chi connectivity index (χ3v) is 4.13. The number of aromatic carboxylic acids is 1. The monoisotopic (exact) mass is 435 g/mol. The van der Waals surface area contributed by atoms with E-state index >= 15 is 0 Å². The van der Waals surface area contributed by atoms with E-state index in [1.807, 2.05) is 22.6 Å². The number of hydrogen-bond acceptors (Lipinski definition) is 2. The Kier molecular flexibility index (Phi) is 5.08. The zero-order valence-electron chi connectivity index (χ0n) is 10.4. The van der Waals surface area contributed by atoms with Crippen LogP contribution in [0.5, 0.6) is 0 Å².